The highest BCUT2D eigenvalue weighted by Crippen LogP contribution is 2.72. The number of allylic oxidation sites excluding steroid dienone is 4. The number of halogens is 2. The Labute approximate surface area is 260 Å². The molecule has 0 aromatic rings. The average molecular weight is 637 g/mol. The fraction of sp³-hybridized carbons (Fsp3) is 0.750. The topological polar surface area (TPSA) is 132 Å². The summed E-state index contributed by atoms with van der Waals surface area (Å²) in [5.41, 5.74) is -6.69. The summed E-state index contributed by atoms with van der Waals surface area (Å²) in [6.45, 7) is 5.48. The number of ketones is 2. The van der Waals surface area contributed by atoms with Crippen LogP contribution in [0.4, 0.5) is 18.4 Å². The molecule has 0 radical (unpaired) electrons. The van der Waals surface area contributed by atoms with Gasteiger partial charge in [0.25, 0.3) is 0 Å². The maximum Gasteiger partial charge on any atom is 0.410 e. The van der Waals surface area contributed by atoms with Crippen molar-refractivity contribution < 1.29 is 52.0 Å². The molecule has 0 bridgehead atoms. The molecule has 11 nitrogen and oxygen atoms in total. The minimum atomic E-state index is -2.31. The van der Waals surface area contributed by atoms with Gasteiger partial charge in [-0.05, 0) is 56.3 Å². The largest absolute Gasteiger partial charge is 0.453 e. The molecule has 13 heteroatoms. The molecule has 6 rings (SSSR count). The van der Waals surface area contributed by atoms with E-state index < -0.39 is 89.0 Å². The Kier molecular flexibility index (Phi) is 7.92. The van der Waals surface area contributed by atoms with Gasteiger partial charge in [-0.3, -0.25) is 9.59 Å². The second-order valence-electron chi connectivity index (χ2n) is 13.7. The number of carbonyl (C=O) groups is 4. The molecule has 5 fully saturated rings. The van der Waals surface area contributed by atoms with Gasteiger partial charge in [-0.1, -0.05) is 26.3 Å². The summed E-state index contributed by atoms with van der Waals surface area (Å²) < 4.78 is 56.4. The van der Waals surface area contributed by atoms with Gasteiger partial charge in [-0.2, -0.15) is 0 Å². The van der Waals surface area contributed by atoms with E-state index in [0.29, 0.717) is 12.8 Å². The maximum absolute atomic E-state index is 17.6. The van der Waals surface area contributed by atoms with Gasteiger partial charge in [0.15, 0.2) is 29.9 Å². The lowest BCUT2D eigenvalue weighted by atomic mass is 9.44. The average Bonchev–Trinajstić information content (AvgIpc) is 3.50. The Bertz CT molecular complexity index is 1330. The van der Waals surface area contributed by atoms with Crippen molar-refractivity contribution in [3.8, 4) is 0 Å². The van der Waals surface area contributed by atoms with Gasteiger partial charge in [-0.15, -0.1) is 0 Å². The highest BCUT2D eigenvalue weighted by atomic mass is 19.1. The maximum atomic E-state index is 17.6. The molecule has 1 unspecified atom stereocenters. The third-order valence-corrected chi connectivity index (χ3v) is 11.7. The fourth-order valence-electron chi connectivity index (χ4n) is 9.41. The number of hydrogen-bond acceptors (Lipinski definition) is 9. The predicted octanol–water partition coefficient (Wildman–Crippen LogP) is 3.29. The molecule has 2 heterocycles. The smallest absolute Gasteiger partial charge is 0.410 e. The monoisotopic (exact) mass is 636 g/mol. The zero-order valence-corrected chi connectivity index (χ0v) is 26.1. The number of amides is 2. The van der Waals surface area contributed by atoms with E-state index in [2.05, 4.69) is 0 Å². The van der Waals surface area contributed by atoms with Crippen LogP contribution in [0.3, 0.4) is 0 Å². The SMILES string of the molecule is CCCC1O[C@@H]2C[C@H]3[C@@H]4C[C@H](F)C5=CC(=O)C=C[C@]5(C)[C@@]4(F)[C@@H](O)C[C@]3(C)[C@]2(C(=O)COC(=O)N2CCN(C(=O)OC)CC2)O1. The number of rotatable bonds is 5. The van der Waals surface area contributed by atoms with Crippen molar-refractivity contribution in [3.05, 3.63) is 23.8 Å². The van der Waals surface area contributed by atoms with Crippen LogP contribution in [0.5, 0.6) is 0 Å². The van der Waals surface area contributed by atoms with Crippen LogP contribution in [0.25, 0.3) is 0 Å². The van der Waals surface area contributed by atoms with Crippen LogP contribution < -0.4 is 0 Å². The number of nitrogens with zero attached hydrogens (tertiary/aromatic N) is 2. The second-order valence-corrected chi connectivity index (χ2v) is 13.7. The fourth-order valence-corrected chi connectivity index (χ4v) is 9.41. The molecule has 0 aromatic carbocycles. The van der Waals surface area contributed by atoms with Crippen molar-refractivity contribution in [1.29, 1.82) is 0 Å². The van der Waals surface area contributed by atoms with E-state index in [9.17, 15) is 24.3 Å². The summed E-state index contributed by atoms with van der Waals surface area (Å²) >= 11 is 0. The summed E-state index contributed by atoms with van der Waals surface area (Å²) in [5.74, 6) is -2.61. The van der Waals surface area contributed by atoms with Crippen LogP contribution in [0.2, 0.25) is 0 Å². The van der Waals surface area contributed by atoms with Gasteiger partial charge in [-0.25, -0.2) is 18.4 Å². The van der Waals surface area contributed by atoms with Crippen molar-refractivity contribution in [2.75, 3.05) is 39.9 Å². The first-order chi connectivity index (χ1) is 21.3. The Hall–Kier alpha value is -2.90. The third kappa shape index (κ3) is 4.43. The minimum absolute atomic E-state index is 0.0234. The lowest BCUT2D eigenvalue weighted by Gasteiger charge is -2.63. The second kappa shape index (κ2) is 11.1. The summed E-state index contributed by atoms with van der Waals surface area (Å²) in [7, 11) is 1.28. The summed E-state index contributed by atoms with van der Waals surface area (Å²) in [4.78, 5) is 54.0. The number of aliphatic hydroxyl groups excluding tert-OH is 1. The van der Waals surface area contributed by atoms with E-state index in [1.165, 1.54) is 36.0 Å². The van der Waals surface area contributed by atoms with Gasteiger partial charge in [0.2, 0.25) is 5.78 Å². The van der Waals surface area contributed by atoms with E-state index in [0.717, 1.165) is 6.08 Å². The molecule has 3 saturated carbocycles. The predicted molar refractivity (Wildman–Crippen MR) is 153 cm³/mol. The summed E-state index contributed by atoms with van der Waals surface area (Å²) in [6, 6.07) is 0. The normalized spacial score (nSPS) is 43.5. The first kappa shape index (κ1) is 32.1. The van der Waals surface area contributed by atoms with Gasteiger partial charge in [0, 0.05) is 42.9 Å². The quantitative estimate of drug-likeness (QED) is 0.483. The van der Waals surface area contributed by atoms with Gasteiger partial charge in [0.1, 0.15) is 6.17 Å². The van der Waals surface area contributed by atoms with Crippen LogP contribution in [0.1, 0.15) is 52.9 Å². The van der Waals surface area contributed by atoms with E-state index in [-0.39, 0.29) is 51.0 Å². The number of piperazine rings is 1. The number of Topliss-reactive ketones (excluding diaryl/α,β-unsaturated/α-hetero) is 1. The Morgan fingerprint density at radius 2 is 1.76 bits per heavy atom. The molecule has 6 aliphatic rings. The number of ether oxygens (including phenoxy) is 4. The number of aliphatic hydroxyl groups is 1. The Morgan fingerprint density at radius 1 is 1.09 bits per heavy atom. The zero-order valence-electron chi connectivity index (χ0n) is 26.1. The molecule has 2 amide bonds. The van der Waals surface area contributed by atoms with E-state index in [1.807, 2.05) is 6.92 Å². The van der Waals surface area contributed by atoms with Crippen LogP contribution in [0, 0.1) is 22.7 Å². The molecule has 248 valence electrons. The third-order valence-electron chi connectivity index (χ3n) is 11.7. The Morgan fingerprint density at radius 3 is 2.40 bits per heavy atom. The zero-order chi connectivity index (χ0) is 32.5. The van der Waals surface area contributed by atoms with Gasteiger partial charge >= 0.3 is 12.2 Å². The van der Waals surface area contributed by atoms with Crippen LogP contribution >= 0.6 is 0 Å². The summed E-state index contributed by atoms with van der Waals surface area (Å²) in [5, 5.41) is 11.7. The number of hydrogen-bond donors (Lipinski definition) is 1. The summed E-state index contributed by atoms with van der Waals surface area (Å²) in [6.07, 6.45) is -1.32. The molecule has 2 saturated heterocycles. The van der Waals surface area contributed by atoms with Crippen molar-refractivity contribution in [2.45, 2.75) is 88.8 Å². The van der Waals surface area contributed by atoms with Crippen molar-refractivity contribution in [3.63, 3.8) is 0 Å². The molecular weight excluding hydrogens is 594 g/mol. The van der Waals surface area contributed by atoms with E-state index in [4.69, 9.17) is 18.9 Å². The van der Waals surface area contributed by atoms with Gasteiger partial charge in [0.05, 0.1) is 19.3 Å². The first-order valence-electron chi connectivity index (χ1n) is 15.8. The highest BCUT2D eigenvalue weighted by Gasteiger charge is 2.80. The highest BCUT2D eigenvalue weighted by molar-refractivity contribution is 6.01. The molecule has 0 aromatic heterocycles. The molecule has 2 aliphatic heterocycles. The lowest BCUT2D eigenvalue weighted by molar-refractivity contribution is -0.234. The van der Waals surface area contributed by atoms with Gasteiger partial charge < -0.3 is 33.9 Å². The molecule has 45 heavy (non-hydrogen) atoms. The van der Waals surface area contributed by atoms with Crippen LogP contribution in [-0.2, 0) is 28.5 Å². The Balaban J connectivity index is 1.27. The van der Waals surface area contributed by atoms with Crippen LogP contribution in [-0.4, -0.2) is 114 Å². The number of fused-ring (bicyclic) bond motifs is 7. The minimum Gasteiger partial charge on any atom is -0.453 e. The standard InChI is InChI=1S/C32H42F2N2O9/c1-5-6-26-44-25-15-19-20-14-22(33)21-13-18(37)7-8-29(21,2)31(20,34)23(38)16-30(19,3)32(25,45-26)24(39)17-43-28(41)36-11-9-35(10-12-36)27(40)42-4/h7-8,13,19-20,22-23,25-26,38H,5-6,9-12,14-17H2,1-4H3/t19-,20-,22-,23-,25+,26?,29-,30-,31-,32+/m0/s1. The number of carbonyl (C=O) groups excluding carboxylic acids is 4. The lowest BCUT2D eigenvalue weighted by Crippen LogP contribution is -2.71. The van der Waals surface area contributed by atoms with E-state index >= 15 is 8.78 Å². The molecule has 0 spiro atoms. The molecule has 4 aliphatic carbocycles. The molecule has 1 N–H and O–H groups in total. The number of alkyl halides is 2. The number of methoxy groups -OCH3 is 1. The first-order valence-corrected chi connectivity index (χ1v) is 15.8. The molecular formula is C32H42F2N2O9. The van der Waals surface area contributed by atoms with Crippen molar-refractivity contribution in [2.24, 2.45) is 22.7 Å². The van der Waals surface area contributed by atoms with Crippen molar-refractivity contribution >= 4 is 23.8 Å². The van der Waals surface area contributed by atoms with Crippen molar-refractivity contribution in [1.82, 2.24) is 9.80 Å². The van der Waals surface area contributed by atoms with E-state index in [1.54, 1.807) is 6.92 Å². The van der Waals surface area contributed by atoms with Crippen LogP contribution in [0.15, 0.2) is 23.8 Å². The molecule has 10 atom stereocenters.